The molecule has 1 aliphatic rings. The van der Waals surface area contributed by atoms with Gasteiger partial charge in [0.25, 0.3) is 0 Å². The van der Waals surface area contributed by atoms with Crippen molar-refractivity contribution in [3.63, 3.8) is 0 Å². The van der Waals surface area contributed by atoms with Gasteiger partial charge in [-0.3, -0.25) is 0 Å². The first-order chi connectivity index (χ1) is 4.79. The molecule has 0 bridgehead atoms. The van der Waals surface area contributed by atoms with Crippen molar-refractivity contribution < 1.29 is 0 Å². The van der Waals surface area contributed by atoms with Crippen LogP contribution in [0.2, 0.25) is 0 Å². The van der Waals surface area contributed by atoms with Crippen LogP contribution in [0.1, 0.15) is 6.42 Å². The minimum absolute atomic E-state index is 1.02. The lowest BCUT2D eigenvalue weighted by atomic mass is 10.2. The van der Waals surface area contributed by atoms with Gasteiger partial charge in [0.1, 0.15) is 0 Å². The Morgan fingerprint density at radius 3 is 2.90 bits per heavy atom. The number of rotatable bonds is 1. The average Bonchev–Trinajstić information content (AvgIpc) is 2.34. The van der Waals surface area contributed by atoms with Crippen LogP contribution in [-0.4, -0.2) is 32.1 Å². The topological polar surface area (TPSA) is 15.3 Å². The number of hydrogen-bond acceptors (Lipinski definition) is 2. The van der Waals surface area contributed by atoms with Crippen LogP contribution in [0.5, 0.6) is 0 Å². The van der Waals surface area contributed by atoms with E-state index in [1.807, 2.05) is 25.2 Å². The molecule has 10 heavy (non-hydrogen) atoms. The highest BCUT2D eigenvalue weighted by Gasteiger charge is 2.02. The zero-order valence-electron chi connectivity index (χ0n) is 6.65. The Hall–Kier alpha value is -0.720. The standard InChI is InChI=1S/C8H14N2/c1-10(2)6-4-8-3-5-9-7-8/h6,9H,3,5,7H2,1-2H3. The summed E-state index contributed by atoms with van der Waals surface area (Å²) in [5, 5.41) is 3.26. The van der Waals surface area contributed by atoms with Crippen molar-refractivity contribution in [3.8, 4) is 0 Å². The summed E-state index contributed by atoms with van der Waals surface area (Å²) in [7, 11) is 4.02. The van der Waals surface area contributed by atoms with Crippen LogP contribution in [-0.2, 0) is 0 Å². The molecule has 0 radical (unpaired) electrons. The summed E-state index contributed by atoms with van der Waals surface area (Å²) in [6.45, 7) is 2.13. The Balaban J connectivity index is 2.52. The van der Waals surface area contributed by atoms with Crippen LogP contribution < -0.4 is 5.32 Å². The van der Waals surface area contributed by atoms with Crippen LogP contribution in [0, 0.1) is 0 Å². The maximum atomic E-state index is 3.26. The number of nitrogens with one attached hydrogen (secondary N) is 1. The van der Waals surface area contributed by atoms with Gasteiger partial charge in [-0.25, -0.2) is 0 Å². The first kappa shape index (κ1) is 7.39. The van der Waals surface area contributed by atoms with Gasteiger partial charge < -0.3 is 10.2 Å². The Labute approximate surface area is 62.2 Å². The van der Waals surface area contributed by atoms with E-state index in [4.69, 9.17) is 0 Å². The summed E-state index contributed by atoms with van der Waals surface area (Å²) in [6, 6.07) is 0. The zero-order valence-corrected chi connectivity index (χ0v) is 6.65. The second-order valence-electron chi connectivity index (χ2n) is 2.77. The van der Waals surface area contributed by atoms with E-state index in [2.05, 4.69) is 11.0 Å². The quantitative estimate of drug-likeness (QED) is 0.533. The van der Waals surface area contributed by atoms with E-state index >= 15 is 0 Å². The van der Waals surface area contributed by atoms with Gasteiger partial charge in [0.05, 0.1) is 0 Å². The fourth-order valence-corrected chi connectivity index (χ4v) is 0.911. The fourth-order valence-electron chi connectivity index (χ4n) is 0.911. The summed E-state index contributed by atoms with van der Waals surface area (Å²) in [5.74, 6) is 0. The molecule has 2 heteroatoms. The first-order valence-electron chi connectivity index (χ1n) is 3.61. The molecular formula is C8H14N2. The van der Waals surface area contributed by atoms with Gasteiger partial charge in [-0.2, -0.15) is 0 Å². The van der Waals surface area contributed by atoms with Crippen molar-refractivity contribution in [1.29, 1.82) is 0 Å². The van der Waals surface area contributed by atoms with Gasteiger partial charge in [-0.05, 0) is 18.5 Å². The van der Waals surface area contributed by atoms with Gasteiger partial charge in [-0.15, -0.1) is 5.73 Å². The second-order valence-corrected chi connectivity index (χ2v) is 2.77. The summed E-state index contributed by atoms with van der Waals surface area (Å²) >= 11 is 0. The van der Waals surface area contributed by atoms with Crippen molar-refractivity contribution in [2.24, 2.45) is 0 Å². The molecule has 56 valence electrons. The summed E-state index contributed by atoms with van der Waals surface area (Å²) in [6.07, 6.45) is 3.13. The Bertz CT molecular complexity index is 156. The molecule has 1 rings (SSSR count). The minimum Gasteiger partial charge on any atom is -0.377 e. The van der Waals surface area contributed by atoms with E-state index < -0.39 is 0 Å². The molecule has 0 amide bonds. The summed E-state index contributed by atoms with van der Waals surface area (Å²) in [5.41, 5.74) is 4.62. The Morgan fingerprint density at radius 2 is 2.40 bits per heavy atom. The van der Waals surface area contributed by atoms with Crippen LogP contribution in [0.25, 0.3) is 0 Å². The van der Waals surface area contributed by atoms with Gasteiger partial charge in [-0.1, -0.05) is 0 Å². The molecule has 0 unspecified atom stereocenters. The highest BCUT2D eigenvalue weighted by atomic mass is 15.0. The molecule has 2 nitrogen and oxygen atoms in total. The Morgan fingerprint density at radius 1 is 1.60 bits per heavy atom. The maximum absolute atomic E-state index is 3.26. The lowest BCUT2D eigenvalue weighted by molar-refractivity contribution is 0.564. The monoisotopic (exact) mass is 138 g/mol. The van der Waals surface area contributed by atoms with Crippen LogP contribution in [0.15, 0.2) is 17.5 Å². The molecular weight excluding hydrogens is 124 g/mol. The second kappa shape index (κ2) is 3.45. The molecule has 1 saturated heterocycles. The van der Waals surface area contributed by atoms with Crippen molar-refractivity contribution in [2.45, 2.75) is 6.42 Å². The predicted octanol–water partition coefficient (Wildman–Crippen LogP) is 0.580. The first-order valence-corrected chi connectivity index (χ1v) is 3.61. The van der Waals surface area contributed by atoms with Crippen molar-refractivity contribution in [1.82, 2.24) is 10.2 Å². The SMILES string of the molecule is CN(C)C=C=C1CCNC1. The van der Waals surface area contributed by atoms with Crippen LogP contribution >= 0.6 is 0 Å². The molecule has 0 saturated carbocycles. The fraction of sp³-hybridized carbons (Fsp3) is 0.625. The molecule has 1 N–H and O–H groups in total. The largest absolute Gasteiger partial charge is 0.377 e. The Kier molecular flexibility index (Phi) is 2.55. The third-order valence-corrected chi connectivity index (χ3v) is 1.47. The lowest BCUT2D eigenvalue weighted by Crippen LogP contribution is -2.04. The van der Waals surface area contributed by atoms with E-state index in [1.54, 1.807) is 0 Å². The molecule has 0 aromatic rings. The number of hydrogen-bond donors (Lipinski definition) is 1. The van der Waals surface area contributed by atoms with E-state index in [9.17, 15) is 0 Å². The van der Waals surface area contributed by atoms with E-state index in [0.717, 1.165) is 19.5 Å². The molecule has 1 fully saturated rings. The van der Waals surface area contributed by atoms with Gasteiger partial charge in [0.2, 0.25) is 0 Å². The molecule has 0 spiro atoms. The van der Waals surface area contributed by atoms with Crippen molar-refractivity contribution in [3.05, 3.63) is 17.5 Å². The van der Waals surface area contributed by atoms with Crippen LogP contribution in [0.4, 0.5) is 0 Å². The zero-order chi connectivity index (χ0) is 7.40. The third kappa shape index (κ3) is 2.26. The van der Waals surface area contributed by atoms with Crippen molar-refractivity contribution in [2.75, 3.05) is 27.2 Å². The average molecular weight is 138 g/mol. The molecule has 0 aromatic carbocycles. The van der Waals surface area contributed by atoms with Crippen LogP contribution in [0.3, 0.4) is 0 Å². The van der Waals surface area contributed by atoms with E-state index in [0.29, 0.717) is 0 Å². The molecule has 0 aromatic heterocycles. The van der Waals surface area contributed by atoms with E-state index in [-0.39, 0.29) is 0 Å². The molecule has 0 atom stereocenters. The molecule has 1 aliphatic heterocycles. The van der Waals surface area contributed by atoms with Gasteiger partial charge in [0, 0.05) is 26.8 Å². The summed E-state index contributed by atoms with van der Waals surface area (Å²) in [4.78, 5) is 2.01. The smallest absolute Gasteiger partial charge is 0.0418 e. The summed E-state index contributed by atoms with van der Waals surface area (Å²) < 4.78 is 0. The number of nitrogens with zero attached hydrogens (tertiary/aromatic N) is 1. The normalized spacial score (nSPS) is 16.8. The van der Waals surface area contributed by atoms with Gasteiger partial charge in [0.15, 0.2) is 0 Å². The third-order valence-electron chi connectivity index (χ3n) is 1.47. The van der Waals surface area contributed by atoms with E-state index in [1.165, 1.54) is 5.57 Å². The molecule has 0 aliphatic carbocycles. The predicted molar refractivity (Wildman–Crippen MR) is 42.8 cm³/mol. The highest BCUT2D eigenvalue weighted by Crippen LogP contribution is 2.02. The molecule has 1 heterocycles. The minimum atomic E-state index is 1.02. The highest BCUT2D eigenvalue weighted by molar-refractivity contribution is 5.07. The lowest BCUT2D eigenvalue weighted by Gasteiger charge is -1.99. The van der Waals surface area contributed by atoms with Crippen molar-refractivity contribution >= 4 is 0 Å². The maximum Gasteiger partial charge on any atom is 0.0418 e. The van der Waals surface area contributed by atoms with Gasteiger partial charge >= 0.3 is 0 Å².